The third-order valence-corrected chi connectivity index (χ3v) is 4.97. The van der Waals surface area contributed by atoms with E-state index in [1.807, 2.05) is 17.5 Å². The Morgan fingerprint density at radius 3 is 2.63 bits per heavy atom. The molecule has 27 heavy (non-hydrogen) atoms. The number of carbonyl (C=O) groups excluding carboxylic acids is 1. The van der Waals surface area contributed by atoms with E-state index in [2.05, 4.69) is 10.4 Å². The number of thiophene rings is 1. The van der Waals surface area contributed by atoms with Crippen LogP contribution in [0.3, 0.4) is 0 Å². The first kappa shape index (κ1) is 17.1. The smallest absolute Gasteiger partial charge is 0.267 e. The Bertz CT molecular complexity index is 1190. The van der Waals surface area contributed by atoms with E-state index in [4.69, 9.17) is 0 Å². The highest BCUT2D eigenvalue weighted by Crippen LogP contribution is 2.15. The standard InChI is InChI=1S/C20H14FN3O2S/c21-16-9-3-1-7-14(16)19(25)23-24-18(12-13-6-5-11-27-13)22-17-10-4-2-8-15(17)20(24)26/h1-11H,12H2,(H,23,25). The van der Waals surface area contributed by atoms with Crippen molar-refractivity contribution in [2.75, 3.05) is 5.43 Å². The second-order valence-electron chi connectivity index (χ2n) is 5.86. The van der Waals surface area contributed by atoms with Crippen LogP contribution in [0.4, 0.5) is 4.39 Å². The van der Waals surface area contributed by atoms with Crippen molar-refractivity contribution in [2.45, 2.75) is 6.42 Å². The van der Waals surface area contributed by atoms with Crippen LogP contribution in [-0.2, 0) is 6.42 Å². The van der Waals surface area contributed by atoms with E-state index in [1.165, 1.54) is 29.5 Å². The average Bonchev–Trinajstić information content (AvgIpc) is 3.18. The van der Waals surface area contributed by atoms with Crippen molar-refractivity contribution in [3.8, 4) is 0 Å². The minimum absolute atomic E-state index is 0.139. The predicted octanol–water partition coefficient (Wildman–Crippen LogP) is 3.57. The summed E-state index contributed by atoms with van der Waals surface area (Å²) in [6.45, 7) is 0. The zero-order valence-electron chi connectivity index (χ0n) is 14.1. The molecule has 1 amide bonds. The van der Waals surface area contributed by atoms with Crippen LogP contribution in [0.1, 0.15) is 21.1 Å². The highest BCUT2D eigenvalue weighted by molar-refractivity contribution is 7.09. The van der Waals surface area contributed by atoms with Gasteiger partial charge in [0.15, 0.2) is 0 Å². The molecular weight excluding hydrogens is 365 g/mol. The summed E-state index contributed by atoms with van der Waals surface area (Å²) in [7, 11) is 0. The molecule has 4 aromatic rings. The number of para-hydroxylation sites is 1. The largest absolute Gasteiger partial charge is 0.280 e. The molecule has 2 aromatic carbocycles. The van der Waals surface area contributed by atoms with Gasteiger partial charge in [0, 0.05) is 11.3 Å². The highest BCUT2D eigenvalue weighted by atomic mass is 32.1. The van der Waals surface area contributed by atoms with Gasteiger partial charge in [0.25, 0.3) is 11.5 Å². The van der Waals surface area contributed by atoms with Gasteiger partial charge >= 0.3 is 0 Å². The minimum Gasteiger partial charge on any atom is -0.267 e. The van der Waals surface area contributed by atoms with Gasteiger partial charge in [0.2, 0.25) is 0 Å². The van der Waals surface area contributed by atoms with E-state index in [-0.39, 0.29) is 5.56 Å². The molecule has 0 aliphatic carbocycles. The monoisotopic (exact) mass is 379 g/mol. The van der Waals surface area contributed by atoms with Crippen molar-refractivity contribution in [2.24, 2.45) is 0 Å². The summed E-state index contributed by atoms with van der Waals surface area (Å²) in [5.74, 6) is -0.984. The van der Waals surface area contributed by atoms with Crippen molar-refractivity contribution in [3.05, 3.63) is 98.5 Å². The molecule has 1 N–H and O–H groups in total. The Morgan fingerprint density at radius 1 is 1.07 bits per heavy atom. The van der Waals surface area contributed by atoms with E-state index in [0.717, 1.165) is 9.55 Å². The first-order chi connectivity index (χ1) is 13.1. The molecule has 134 valence electrons. The topological polar surface area (TPSA) is 64.0 Å². The lowest BCUT2D eigenvalue weighted by Gasteiger charge is -2.14. The second kappa shape index (κ2) is 7.13. The molecule has 0 bridgehead atoms. The molecule has 0 spiro atoms. The molecule has 2 aromatic heterocycles. The fourth-order valence-electron chi connectivity index (χ4n) is 2.79. The molecule has 4 rings (SSSR count). The van der Waals surface area contributed by atoms with Crippen LogP contribution in [0.5, 0.6) is 0 Å². The number of hydrogen-bond donors (Lipinski definition) is 1. The molecule has 2 heterocycles. The number of hydrogen-bond acceptors (Lipinski definition) is 4. The van der Waals surface area contributed by atoms with Crippen LogP contribution >= 0.6 is 11.3 Å². The number of nitrogens with one attached hydrogen (secondary N) is 1. The molecule has 0 aliphatic rings. The summed E-state index contributed by atoms with van der Waals surface area (Å²) in [6.07, 6.45) is 0.370. The van der Waals surface area contributed by atoms with Gasteiger partial charge in [-0.25, -0.2) is 14.1 Å². The Balaban J connectivity index is 1.82. The van der Waals surface area contributed by atoms with E-state index >= 15 is 0 Å². The summed E-state index contributed by atoms with van der Waals surface area (Å²) < 4.78 is 15.0. The fraction of sp³-hybridized carbons (Fsp3) is 0.0500. The number of amides is 1. The van der Waals surface area contributed by atoms with Gasteiger partial charge in [-0.05, 0) is 35.7 Å². The molecule has 0 unspecified atom stereocenters. The van der Waals surface area contributed by atoms with Crippen molar-refractivity contribution < 1.29 is 9.18 Å². The quantitative estimate of drug-likeness (QED) is 0.590. The lowest BCUT2D eigenvalue weighted by Crippen LogP contribution is -2.36. The van der Waals surface area contributed by atoms with Gasteiger partial charge in [-0.3, -0.25) is 15.0 Å². The number of rotatable bonds is 4. The van der Waals surface area contributed by atoms with Crippen LogP contribution < -0.4 is 11.0 Å². The Hall–Kier alpha value is -3.32. The van der Waals surface area contributed by atoms with Crippen LogP contribution in [0.25, 0.3) is 10.9 Å². The number of benzene rings is 2. The van der Waals surface area contributed by atoms with Crippen LogP contribution in [0.15, 0.2) is 70.8 Å². The van der Waals surface area contributed by atoms with Gasteiger partial charge < -0.3 is 0 Å². The van der Waals surface area contributed by atoms with Crippen LogP contribution in [0, 0.1) is 5.82 Å². The zero-order chi connectivity index (χ0) is 18.8. The first-order valence-electron chi connectivity index (χ1n) is 8.22. The molecule has 7 heteroatoms. The van der Waals surface area contributed by atoms with Crippen molar-refractivity contribution in [3.63, 3.8) is 0 Å². The SMILES string of the molecule is O=C(Nn1c(Cc2cccs2)nc2ccccc2c1=O)c1ccccc1F. The van der Waals surface area contributed by atoms with E-state index in [1.54, 1.807) is 30.3 Å². The lowest BCUT2D eigenvalue weighted by molar-refractivity contribution is 0.100. The van der Waals surface area contributed by atoms with E-state index in [0.29, 0.717) is 23.1 Å². The molecule has 0 radical (unpaired) electrons. The number of nitrogens with zero attached hydrogens (tertiary/aromatic N) is 2. The fourth-order valence-corrected chi connectivity index (χ4v) is 3.49. The van der Waals surface area contributed by atoms with Crippen molar-refractivity contribution in [1.82, 2.24) is 9.66 Å². The summed E-state index contributed by atoms with van der Waals surface area (Å²) in [4.78, 5) is 31.0. The number of fused-ring (bicyclic) bond motifs is 1. The molecule has 0 atom stereocenters. The number of carbonyl (C=O) groups is 1. The summed E-state index contributed by atoms with van der Waals surface area (Å²) in [6, 6.07) is 16.4. The zero-order valence-corrected chi connectivity index (χ0v) is 14.9. The van der Waals surface area contributed by atoms with Gasteiger partial charge in [0.05, 0.1) is 16.5 Å². The third-order valence-electron chi connectivity index (χ3n) is 4.09. The number of aromatic nitrogens is 2. The van der Waals surface area contributed by atoms with Gasteiger partial charge in [0.1, 0.15) is 11.6 Å². The summed E-state index contributed by atoms with van der Waals surface area (Å²) in [5.41, 5.74) is 2.51. The van der Waals surface area contributed by atoms with Gasteiger partial charge in [-0.1, -0.05) is 30.3 Å². The Labute approximate surface area is 157 Å². The van der Waals surface area contributed by atoms with Crippen molar-refractivity contribution >= 4 is 28.1 Å². The first-order valence-corrected chi connectivity index (χ1v) is 9.10. The van der Waals surface area contributed by atoms with E-state index < -0.39 is 17.3 Å². The maximum absolute atomic E-state index is 13.9. The molecule has 0 saturated carbocycles. The maximum atomic E-state index is 13.9. The van der Waals surface area contributed by atoms with Crippen LogP contribution in [-0.4, -0.2) is 15.6 Å². The maximum Gasteiger partial charge on any atom is 0.280 e. The summed E-state index contributed by atoms with van der Waals surface area (Å²) in [5, 5.41) is 2.30. The minimum atomic E-state index is -0.709. The second-order valence-corrected chi connectivity index (χ2v) is 6.89. The molecule has 0 aliphatic heterocycles. The number of halogens is 1. The normalized spacial score (nSPS) is 10.9. The average molecular weight is 379 g/mol. The molecule has 0 saturated heterocycles. The summed E-state index contributed by atoms with van der Waals surface area (Å²) >= 11 is 1.53. The van der Waals surface area contributed by atoms with Gasteiger partial charge in [-0.2, -0.15) is 0 Å². The van der Waals surface area contributed by atoms with Gasteiger partial charge in [-0.15, -0.1) is 11.3 Å². The lowest BCUT2D eigenvalue weighted by atomic mass is 10.2. The molecule has 5 nitrogen and oxygen atoms in total. The Morgan fingerprint density at radius 2 is 1.85 bits per heavy atom. The molecular formula is C20H14FN3O2S. The predicted molar refractivity (Wildman–Crippen MR) is 103 cm³/mol. The molecule has 0 fully saturated rings. The Kier molecular flexibility index (Phi) is 4.52. The third kappa shape index (κ3) is 3.37. The van der Waals surface area contributed by atoms with E-state index in [9.17, 15) is 14.0 Å². The highest BCUT2D eigenvalue weighted by Gasteiger charge is 2.17. The van der Waals surface area contributed by atoms with Crippen LogP contribution in [0.2, 0.25) is 0 Å². The van der Waals surface area contributed by atoms with Crippen molar-refractivity contribution in [1.29, 1.82) is 0 Å².